The minimum Gasteiger partial charge on any atom is -0.486 e. The molecule has 1 heterocycles. The van der Waals surface area contributed by atoms with Crippen LogP contribution in [-0.4, -0.2) is 31.8 Å². The SMILES string of the molecule is CSCCCCNCc1cccc2c1OCCO2. The Kier molecular flexibility index (Phi) is 5.68. The average Bonchev–Trinajstić information content (AvgIpc) is 2.43. The van der Waals surface area contributed by atoms with Crippen molar-refractivity contribution in [1.29, 1.82) is 0 Å². The van der Waals surface area contributed by atoms with Gasteiger partial charge in [-0.3, -0.25) is 0 Å². The zero-order valence-corrected chi connectivity index (χ0v) is 11.7. The molecular weight excluding hydrogens is 246 g/mol. The third kappa shape index (κ3) is 3.82. The maximum atomic E-state index is 5.68. The number of fused-ring (bicyclic) bond motifs is 1. The molecule has 4 heteroatoms. The first-order valence-corrected chi connectivity index (χ1v) is 7.88. The summed E-state index contributed by atoms with van der Waals surface area (Å²) in [7, 11) is 0. The summed E-state index contributed by atoms with van der Waals surface area (Å²) in [6, 6.07) is 6.09. The number of hydrogen-bond donors (Lipinski definition) is 1. The minimum atomic E-state index is 0.651. The van der Waals surface area contributed by atoms with Crippen LogP contribution in [0.1, 0.15) is 18.4 Å². The van der Waals surface area contributed by atoms with E-state index in [1.165, 1.54) is 24.2 Å². The lowest BCUT2D eigenvalue weighted by atomic mass is 10.1. The third-order valence-electron chi connectivity index (χ3n) is 2.92. The van der Waals surface area contributed by atoms with Crippen molar-refractivity contribution in [2.45, 2.75) is 19.4 Å². The fraction of sp³-hybridized carbons (Fsp3) is 0.571. The number of ether oxygens (including phenoxy) is 2. The van der Waals surface area contributed by atoms with Gasteiger partial charge in [0.1, 0.15) is 13.2 Å². The summed E-state index contributed by atoms with van der Waals surface area (Å²) >= 11 is 1.91. The molecule has 0 radical (unpaired) electrons. The van der Waals surface area contributed by atoms with E-state index in [-0.39, 0.29) is 0 Å². The number of benzene rings is 1. The molecule has 1 aliphatic rings. The monoisotopic (exact) mass is 267 g/mol. The number of thioether (sulfide) groups is 1. The number of para-hydroxylation sites is 1. The van der Waals surface area contributed by atoms with E-state index >= 15 is 0 Å². The second-order valence-electron chi connectivity index (χ2n) is 4.32. The first kappa shape index (κ1) is 13.6. The molecule has 0 aromatic heterocycles. The molecular formula is C14H21NO2S. The molecule has 100 valence electrons. The quantitative estimate of drug-likeness (QED) is 0.769. The van der Waals surface area contributed by atoms with Crippen LogP contribution < -0.4 is 14.8 Å². The molecule has 0 bridgehead atoms. The molecule has 3 nitrogen and oxygen atoms in total. The van der Waals surface area contributed by atoms with Gasteiger partial charge in [0, 0.05) is 12.1 Å². The summed E-state index contributed by atoms with van der Waals surface area (Å²) in [4.78, 5) is 0. The van der Waals surface area contributed by atoms with Crippen LogP contribution in [0.2, 0.25) is 0 Å². The predicted molar refractivity (Wildman–Crippen MR) is 76.8 cm³/mol. The molecule has 0 fully saturated rings. The molecule has 0 saturated heterocycles. The molecule has 0 unspecified atom stereocenters. The normalized spacial score (nSPS) is 13.6. The Morgan fingerprint density at radius 2 is 2.11 bits per heavy atom. The minimum absolute atomic E-state index is 0.651. The molecule has 0 atom stereocenters. The number of hydrogen-bond acceptors (Lipinski definition) is 4. The summed E-state index contributed by atoms with van der Waals surface area (Å²) < 4.78 is 11.2. The first-order valence-electron chi connectivity index (χ1n) is 6.49. The van der Waals surface area contributed by atoms with Crippen LogP contribution in [0.25, 0.3) is 0 Å². The van der Waals surface area contributed by atoms with E-state index in [0.717, 1.165) is 24.6 Å². The van der Waals surface area contributed by atoms with Gasteiger partial charge in [-0.2, -0.15) is 11.8 Å². The fourth-order valence-electron chi connectivity index (χ4n) is 1.99. The second-order valence-corrected chi connectivity index (χ2v) is 5.30. The van der Waals surface area contributed by atoms with Gasteiger partial charge in [0.05, 0.1) is 0 Å². The first-order chi connectivity index (χ1) is 8.92. The Balaban J connectivity index is 1.79. The van der Waals surface area contributed by atoms with Gasteiger partial charge in [-0.1, -0.05) is 12.1 Å². The highest BCUT2D eigenvalue weighted by Crippen LogP contribution is 2.33. The number of unbranched alkanes of at least 4 members (excludes halogenated alkanes) is 1. The maximum Gasteiger partial charge on any atom is 0.165 e. The topological polar surface area (TPSA) is 30.5 Å². The smallest absolute Gasteiger partial charge is 0.165 e. The van der Waals surface area contributed by atoms with Gasteiger partial charge in [-0.25, -0.2) is 0 Å². The lowest BCUT2D eigenvalue weighted by Crippen LogP contribution is -2.19. The zero-order valence-electron chi connectivity index (χ0n) is 10.9. The predicted octanol–water partition coefficient (Wildman–Crippen LogP) is 2.69. The van der Waals surface area contributed by atoms with Crippen molar-refractivity contribution >= 4 is 11.8 Å². The molecule has 0 aliphatic carbocycles. The summed E-state index contributed by atoms with van der Waals surface area (Å²) in [6.45, 7) is 3.22. The molecule has 0 saturated carbocycles. The van der Waals surface area contributed by atoms with Gasteiger partial charge < -0.3 is 14.8 Å². The van der Waals surface area contributed by atoms with E-state index in [0.29, 0.717) is 13.2 Å². The van der Waals surface area contributed by atoms with Crippen molar-refractivity contribution in [2.24, 2.45) is 0 Å². The van der Waals surface area contributed by atoms with Gasteiger partial charge in [0.2, 0.25) is 0 Å². The Morgan fingerprint density at radius 3 is 3.00 bits per heavy atom. The highest BCUT2D eigenvalue weighted by molar-refractivity contribution is 7.98. The molecule has 1 aliphatic heterocycles. The van der Waals surface area contributed by atoms with E-state index in [9.17, 15) is 0 Å². The van der Waals surface area contributed by atoms with Crippen molar-refractivity contribution < 1.29 is 9.47 Å². The van der Waals surface area contributed by atoms with E-state index in [1.54, 1.807) is 0 Å². The van der Waals surface area contributed by atoms with Crippen LogP contribution in [0.3, 0.4) is 0 Å². The van der Waals surface area contributed by atoms with Gasteiger partial charge in [0.25, 0.3) is 0 Å². The van der Waals surface area contributed by atoms with E-state index in [4.69, 9.17) is 9.47 Å². The molecule has 1 aromatic rings. The highest BCUT2D eigenvalue weighted by atomic mass is 32.2. The maximum absolute atomic E-state index is 5.68. The molecule has 0 amide bonds. The average molecular weight is 267 g/mol. The Morgan fingerprint density at radius 1 is 1.22 bits per heavy atom. The summed E-state index contributed by atoms with van der Waals surface area (Å²) in [5, 5.41) is 3.47. The lowest BCUT2D eigenvalue weighted by molar-refractivity contribution is 0.169. The fourth-order valence-corrected chi connectivity index (χ4v) is 2.49. The Labute approximate surface area is 113 Å². The molecule has 1 N–H and O–H groups in total. The Bertz CT molecular complexity index is 371. The van der Waals surface area contributed by atoms with Gasteiger partial charge in [-0.15, -0.1) is 0 Å². The van der Waals surface area contributed by atoms with E-state index in [2.05, 4.69) is 17.6 Å². The van der Waals surface area contributed by atoms with Crippen LogP contribution in [-0.2, 0) is 6.54 Å². The lowest BCUT2D eigenvalue weighted by Gasteiger charge is -2.21. The highest BCUT2D eigenvalue weighted by Gasteiger charge is 2.14. The van der Waals surface area contributed by atoms with Gasteiger partial charge in [-0.05, 0) is 37.5 Å². The van der Waals surface area contributed by atoms with Gasteiger partial charge in [0.15, 0.2) is 11.5 Å². The van der Waals surface area contributed by atoms with Crippen molar-refractivity contribution in [2.75, 3.05) is 31.8 Å². The summed E-state index contributed by atoms with van der Waals surface area (Å²) in [5.74, 6) is 3.04. The van der Waals surface area contributed by atoms with Crippen molar-refractivity contribution in [1.82, 2.24) is 5.32 Å². The van der Waals surface area contributed by atoms with Crippen molar-refractivity contribution in [3.05, 3.63) is 23.8 Å². The second kappa shape index (κ2) is 7.54. The van der Waals surface area contributed by atoms with Crippen molar-refractivity contribution in [3.8, 4) is 11.5 Å². The van der Waals surface area contributed by atoms with Crippen LogP contribution in [0.15, 0.2) is 18.2 Å². The molecule has 18 heavy (non-hydrogen) atoms. The van der Waals surface area contributed by atoms with E-state index in [1.807, 2.05) is 23.9 Å². The van der Waals surface area contributed by atoms with Crippen LogP contribution in [0.4, 0.5) is 0 Å². The third-order valence-corrected chi connectivity index (χ3v) is 3.61. The summed E-state index contributed by atoms with van der Waals surface area (Å²) in [5.41, 5.74) is 1.19. The zero-order chi connectivity index (χ0) is 12.6. The van der Waals surface area contributed by atoms with Gasteiger partial charge >= 0.3 is 0 Å². The van der Waals surface area contributed by atoms with Crippen molar-refractivity contribution in [3.63, 3.8) is 0 Å². The van der Waals surface area contributed by atoms with Crippen LogP contribution in [0.5, 0.6) is 11.5 Å². The summed E-state index contributed by atoms with van der Waals surface area (Å²) in [6.07, 6.45) is 4.66. The van der Waals surface area contributed by atoms with Crippen LogP contribution in [0, 0.1) is 0 Å². The largest absolute Gasteiger partial charge is 0.486 e. The Hall–Kier alpha value is -0.870. The molecule has 1 aromatic carbocycles. The van der Waals surface area contributed by atoms with Crippen LogP contribution >= 0.6 is 11.8 Å². The van der Waals surface area contributed by atoms with E-state index < -0.39 is 0 Å². The standard InChI is InChI=1S/C14H21NO2S/c1-18-10-3-2-7-15-11-12-5-4-6-13-14(12)17-9-8-16-13/h4-6,15H,2-3,7-11H2,1H3. The number of rotatable bonds is 7. The number of nitrogens with one attached hydrogen (secondary N) is 1. The molecule has 0 spiro atoms. The molecule has 2 rings (SSSR count).